The first-order valence-corrected chi connectivity index (χ1v) is 7.88. The number of hydrogen-bond acceptors (Lipinski definition) is 6. The maximum Gasteiger partial charge on any atom is 0.252 e. The van der Waals surface area contributed by atoms with Crippen LogP contribution < -0.4 is 14.8 Å². The van der Waals surface area contributed by atoms with Gasteiger partial charge in [-0.15, -0.1) is 0 Å². The molecule has 7 nitrogen and oxygen atoms in total. The second-order valence-corrected chi connectivity index (χ2v) is 5.72. The average Bonchev–Trinajstić information content (AvgIpc) is 2.92. The number of anilines is 2. The van der Waals surface area contributed by atoms with Gasteiger partial charge in [-0.3, -0.25) is 0 Å². The van der Waals surface area contributed by atoms with E-state index in [0.29, 0.717) is 17.5 Å². The zero-order chi connectivity index (χ0) is 18.0. The molecule has 0 aliphatic carbocycles. The molecule has 25 heavy (non-hydrogen) atoms. The van der Waals surface area contributed by atoms with Gasteiger partial charge in [0.1, 0.15) is 17.3 Å². The van der Waals surface area contributed by atoms with Crippen LogP contribution in [0, 0.1) is 20.8 Å². The summed E-state index contributed by atoms with van der Waals surface area (Å²) in [5, 5.41) is 7.73. The number of aryl methyl sites for hydroxylation is 3. The highest BCUT2D eigenvalue weighted by Gasteiger charge is 2.11. The molecule has 0 saturated heterocycles. The number of nitrogens with zero attached hydrogens (tertiary/aromatic N) is 4. The van der Waals surface area contributed by atoms with Crippen molar-refractivity contribution in [2.45, 2.75) is 20.8 Å². The highest BCUT2D eigenvalue weighted by molar-refractivity contribution is 5.66. The third kappa shape index (κ3) is 3.55. The van der Waals surface area contributed by atoms with Gasteiger partial charge < -0.3 is 14.8 Å². The molecule has 0 amide bonds. The van der Waals surface area contributed by atoms with Crippen molar-refractivity contribution in [1.82, 2.24) is 19.7 Å². The first-order chi connectivity index (χ1) is 12.0. The first-order valence-electron chi connectivity index (χ1n) is 7.88. The fourth-order valence-corrected chi connectivity index (χ4v) is 2.59. The molecule has 130 valence electrons. The molecule has 2 aromatic heterocycles. The largest absolute Gasteiger partial charge is 0.497 e. The van der Waals surface area contributed by atoms with Gasteiger partial charge in [-0.25, -0.2) is 9.67 Å². The van der Waals surface area contributed by atoms with Gasteiger partial charge in [-0.1, -0.05) is 0 Å². The van der Waals surface area contributed by atoms with Gasteiger partial charge in [0.15, 0.2) is 0 Å². The summed E-state index contributed by atoms with van der Waals surface area (Å²) in [6.45, 7) is 5.84. The molecular formula is C18H21N5O2. The van der Waals surface area contributed by atoms with Gasteiger partial charge >= 0.3 is 0 Å². The zero-order valence-electron chi connectivity index (χ0n) is 15.0. The van der Waals surface area contributed by atoms with E-state index in [1.54, 1.807) is 18.9 Å². The van der Waals surface area contributed by atoms with Gasteiger partial charge in [0.2, 0.25) is 0 Å². The van der Waals surface area contributed by atoms with Gasteiger partial charge in [-0.05, 0) is 39.0 Å². The van der Waals surface area contributed by atoms with Crippen molar-refractivity contribution in [2.24, 2.45) is 0 Å². The lowest BCUT2D eigenvalue weighted by Gasteiger charge is -2.13. The molecule has 3 aromatic rings. The monoisotopic (exact) mass is 339 g/mol. The molecule has 0 atom stereocenters. The molecule has 3 rings (SSSR count). The van der Waals surface area contributed by atoms with Crippen molar-refractivity contribution in [3.8, 4) is 17.4 Å². The highest BCUT2D eigenvalue weighted by Crippen LogP contribution is 2.31. The van der Waals surface area contributed by atoms with Gasteiger partial charge in [-0.2, -0.15) is 10.1 Å². The number of ether oxygens (including phenoxy) is 2. The molecule has 0 bridgehead atoms. The van der Waals surface area contributed by atoms with Crippen LogP contribution in [0.15, 0.2) is 30.3 Å². The van der Waals surface area contributed by atoms with Crippen molar-refractivity contribution in [3.63, 3.8) is 0 Å². The predicted molar refractivity (Wildman–Crippen MR) is 96.2 cm³/mol. The summed E-state index contributed by atoms with van der Waals surface area (Å²) in [5.74, 6) is 2.61. The summed E-state index contributed by atoms with van der Waals surface area (Å²) >= 11 is 0. The number of methoxy groups -OCH3 is 2. The van der Waals surface area contributed by atoms with Crippen molar-refractivity contribution in [3.05, 3.63) is 47.4 Å². The van der Waals surface area contributed by atoms with E-state index >= 15 is 0 Å². The Morgan fingerprint density at radius 2 is 1.72 bits per heavy atom. The van der Waals surface area contributed by atoms with E-state index in [0.717, 1.165) is 28.5 Å². The molecule has 0 spiro atoms. The Hall–Kier alpha value is -3.09. The molecular weight excluding hydrogens is 318 g/mol. The fraction of sp³-hybridized carbons (Fsp3) is 0.278. The highest BCUT2D eigenvalue weighted by atomic mass is 16.5. The van der Waals surface area contributed by atoms with Crippen LogP contribution in [0.25, 0.3) is 5.95 Å². The fourth-order valence-electron chi connectivity index (χ4n) is 2.59. The number of hydrogen-bond donors (Lipinski definition) is 1. The van der Waals surface area contributed by atoms with Crippen LogP contribution in [0.1, 0.15) is 17.1 Å². The SMILES string of the molecule is COc1ccc(OC)c(Nc2cc(C)nc(-n3nc(C)cc3C)n2)c1. The Bertz CT molecular complexity index is 904. The van der Waals surface area contributed by atoms with Crippen LogP contribution in [0.3, 0.4) is 0 Å². The van der Waals surface area contributed by atoms with Crippen molar-refractivity contribution in [2.75, 3.05) is 19.5 Å². The normalized spacial score (nSPS) is 10.6. The molecule has 0 radical (unpaired) electrons. The molecule has 0 unspecified atom stereocenters. The lowest BCUT2D eigenvalue weighted by molar-refractivity contribution is 0.405. The van der Waals surface area contributed by atoms with Crippen LogP contribution in [-0.4, -0.2) is 34.0 Å². The maximum atomic E-state index is 5.41. The minimum Gasteiger partial charge on any atom is -0.497 e. The van der Waals surface area contributed by atoms with Crippen molar-refractivity contribution >= 4 is 11.5 Å². The lowest BCUT2D eigenvalue weighted by atomic mass is 10.2. The summed E-state index contributed by atoms with van der Waals surface area (Å²) < 4.78 is 12.4. The maximum absolute atomic E-state index is 5.41. The molecule has 1 aromatic carbocycles. The molecule has 2 heterocycles. The molecule has 0 fully saturated rings. The second-order valence-electron chi connectivity index (χ2n) is 5.72. The summed E-state index contributed by atoms with van der Waals surface area (Å²) in [6, 6.07) is 9.41. The Morgan fingerprint density at radius 1 is 0.920 bits per heavy atom. The molecule has 0 aliphatic heterocycles. The standard InChI is InChI=1S/C18H21N5O2/c1-11-9-17(20-15-10-14(24-4)6-7-16(15)25-5)21-18(19-11)23-13(3)8-12(2)22-23/h6-10H,1-5H3,(H,19,20,21). The summed E-state index contributed by atoms with van der Waals surface area (Å²) in [5.41, 5.74) is 3.50. The molecule has 1 N–H and O–H groups in total. The summed E-state index contributed by atoms with van der Waals surface area (Å²) in [6.07, 6.45) is 0. The average molecular weight is 339 g/mol. The van der Waals surface area contributed by atoms with E-state index in [4.69, 9.17) is 9.47 Å². The van der Waals surface area contributed by atoms with E-state index < -0.39 is 0 Å². The van der Waals surface area contributed by atoms with E-state index in [2.05, 4.69) is 20.4 Å². The Morgan fingerprint density at radius 3 is 2.36 bits per heavy atom. The van der Waals surface area contributed by atoms with Crippen LogP contribution in [0.5, 0.6) is 11.5 Å². The van der Waals surface area contributed by atoms with Crippen LogP contribution in [0.2, 0.25) is 0 Å². The van der Waals surface area contributed by atoms with Gasteiger partial charge in [0.25, 0.3) is 5.95 Å². The number of aromatic nitrogens is 4. The zero-order valence-corrected chi connectivity index (χ0v) is 15.0. The van der Waals surface area contributed by atoms with Gasteiger partial charge in [0, 0.05) is 23.5 Å². The van der Waals surface area contributed by atoms with E-state index in [1.807, 2.05) is 51.1 Å². The predicted octanol–water partition coefficient (Wildman–Crippen LogP) is 3.35. The Kier molecular flexibility index (Phi) is 4.56. The van der Waals surface area contributed by atoms with E-state index in [9.17, 15) is 0 Å². The number of benzene rings is 1. The summed E-state index contributed by atoms with van der Waals surface area (Å²) in [4.78, 5) is 9.08. The number of nitrogens with one attached hydrogen (secondary N) is 1. The second kappa shape index (κ2) is 6.80. The minimum absolute atomic E-state index is 0.523. The van der Waals surface area contributed by atoms with Crippen LogP contribution >= 0.6 is 0 Å². The van der Waals surface area contributed by atoms with Crippen molar-refractivity contribution in [1.29, 1.82) is 0 Å². The Balaban J connectivity index is 2.00. The first kappa shape index (κ1) is 16.8. The van der Waals surface area contributed by atoms with Crippen molar-refractivity contribution < 1.29 is 9.47 Å². The minimum atomic E-state index is 0.523. The third-order valence-corrected chi connectivity index (χ3v) is 3.71. The van der Waals surface area contributed by atoms with Crippen LogP contribution in [-0.2, 0) is 0 Å². The van der Waals surface area contributed by atoms with E-state index in [1.165, 1.54) is 0 Å². The smallest absolute Gasteiger partial charge is 0.252 e. The number of rotatable bonds is 5. The van der Waals surface area contributed by atoms with Crippen LogP contribution in [0.4, 0.5) is 11.5 Å². The molecule has 7 heteroatoms. The lowest BCUT2D eigenvalue weighted by Crippen LogP contribution is -2.08. The van der Waals surface area contributed by atoms with E-state index in [-0.39, 0.29) is 0 Å². The third-order valence-electron chi connectivity index (χ3n) is 3.71. The topological polar surface area (TPSA) is 74.1 Å². The molecule has 0 aliphatic rings. The molecule has 0 saturated carbocycles. The summed E-state index contributed by atoms with van der Waals surface area (Å²) in [7, 11) is 3.25. The van der Waals surface area contributed by atoms with Gasteiger partial charge in [0.05, 0.1) is 25.6 Å². The quantitative estimate of drug-likeness (QED) is 0.768. The Labute approximate surface area is 146 Å².